The van der Waals surface area contributed by atoms with Gasteiger partial charge in [0.25, 0.3) is 0 Å². The zero-order valence-electron chi connectivity index (χ0n) is 29.7. The Hall–Kier alpha value is -6.20. The predicted molar refractivity (Wildman–Crippen MR) is 234 cm³/mol. The van der Waals surface area contributed by atoms with Crippen LogP contribution < -0.4 is 0 Å². The van der Waals surface area contributed by atoms with Crippen molar-refractivity contribution in [2.75, 3.05) is 0 Å². The Balaban J connectivity index is 0.923. The molecule has 0 bridgehead atoms. The first kappa shape index (κ1) is 31.3. The molecule has 0 aliphatic carbocycles. The molecule has 54 heavy (non-hydrogen) atoms. The van der Waals surface area contributed by atoms with E-state index >= 15 is 0 Å². The average molecular weight is 725 g/mol. The van der Waals surface area contributed by atoms with Crippen molar-refractivity contribution >= 4 is 84.8 Å². The van der Waals surface area contributed by atoms with Crippen LogP contribution in [-0.2, 0) is 0 Å². The standard InChI is InChI=1S/C50H32N2S2/c1-29-35-25-26-36-30(2)44(34-23-19-32(20-24-34)38-12-8-14-42-40-10-4-6-16-46(40)54-50(38)42)28-52-48(36)47(35)51-27-43(29)33-21-17-31(18-22-33)37-11-7-13-41-39-9-3-5-15-45(39)53-49(37)41/h3-28H,1-2H3. The van der Waals surface area contributed by atoms with E-state index in [0.29, 0.717) is 0 Å². The van der Waals surface area contributed by atoms with E-state index < -0.39 is 0 Å². The van der Waals surface area contributed by atoms with Crippen LogP contribution in [0, 0.1) is 13.8 Å². The minimum atomic E-state index is 0.947. The molecule has 4 heterocycles. The number of pyridine rings is 2. The number of benzene rings is 7. The molecule has 0 amide bonds. The summed E-state index contributed by atoms with van der Waals surface area (Å²) >= 11 is 3.75. The summed E-state index contributed by atoms with van der Waals surface area (Å²) in [7, 11) is 0. The van der Waals surface area contributed by atoms with Gasteiger partial charge in [0, 0.05) is 74.6 Å². The summed E-state index contributed by atoms with van der Waals surface area (Å²) in [5, 5.41) is 7.58. The summed E-state index contributed by atoms with van der Waals surface area (Å²) in [6, 6.07) is 53.1. The van der Waals surface area contributed by atoms with Crippen LogP contribution in [-0.4, -0.2) is 9.97 Å². The van der Waals surface area contributed by atoms with Crippen molar-refractivity contribution in [1.29, 1.82) is 0 Å². The third-order valence-electron chi connectivity index (χ3n) is 11.2. The van der Waals surface area contributed by atoms with Crippen molar-refractivity contribution in [3.05, 3.63) is 169 Å². The number of rotatable bonds is 4. The lowest BCUT2D eigenvalue weighted by atomic mass is 9.93. The van der Waals surface area contributed by atoms with Gasteiger partial charge in [0.2, 0.25) is 0 Å². The van der Waals surface area contributed by atoms with Gasteiger partial charge in [-0.25, -0.2) is 0 Å². The number of nitrogens with zero attached hydrogens (tertiary/aromatic N) is 2. The molecule has 0 aliphatic rings. The highest BCUT2D eigenvalue weighted by Crippen LogP contribution is 2.42. The van der Waals surface area contributed by atoms with Crippen molar-refractivity contribution in [1.82, 2.24) is 9.97 Å². The maximum absolute atomic E-state index is 5.06. The van der Waals surface area contributed by atoms with Crippen molar-refractivity contribution in [2.45, 2.75) is 13.8 Å². The zero-order chi connectivity index (χ0) is 35.9. The Morgan fingerprint density at radius 2 is 0.704 bits per heavy atom. The fourth-order valence-electron chi connectivity index (χ4n) is 8.38. The lowest BCUT2D eigenvalue weighted by Crippen LogP contribution is -1.94. The van der Waals surface area contributed by atoms with E-state index in [1.165, 1.54) is 84.9 Å². The summed E-state index contributed by atoms with van der Waals surface area (Å²) < 4.78 is 5.33. The molecule has 0 fully saturated rings. The van der Waals surface area contributed by atoms with E-state index in [1.807, 2.05) is 35.1 Å². The van der Waals surface area contributed by atoms with Crippen LogP contribution in [0.1, 0.15) is 11.1 Å². The van der Waals surface area contributed by atoms with Crippen molar-refractivity contribution < 1.29 is 0 Å². The lowest BCUT2D eigenvalue weighted by Gasteiger charge is -2.14. The fourth-order valence-corrected chi connectivity index (χ4v) is 10.9. The second-order valence-electron chi connectivity index (χ2n) is 14.2. The van der Waals surface area contributed by atoms with Gasteiger partial charge in [0.05, 0.1) is 11.0 Å². The lowest BCUT2D eigenvalue weighted by molar-refractivity contribution is 1.33. The fraction of sp³-hybridized carbons (Fsp3) is 0.0400. The Morgan fingerprint density at radius 1 is 0.333 bits per heavy atom. The van der Waals surface area contributed by atoms with Gasteiger partial charge in [-0.2, -0.15) is 0 Å². The molecule has 11 aromatic rings. The molecular weight excluding hydrogens is 693 g/mol. The number of fused-ring (bicyclic) bond motifs is 9. The quantitative estimate of drug-likeness (QED) is 0.169. The molecule has 0 saturated carbocycles. The first-order valence-corrected chi connectivity index (χ1v) is 19.9. The summed E-state index contributed by atoms with van der Waals surface area (Å²) in [6.07, 6.45) is 4.05. The summed E-state index contributed by atoms with van der Waals surface area (Å²) in [5.74, 6) is 0. The van der Waals surface area contributed by atoms with E-state index in [2.05, 4.69) is 159 Å². The molecule has 0 spiro atoms. The van der Waals surface area contributed by atoms with Gasteiger partial charge >= 0.3 is 0 Å². The first-order chi connectivity index (χ1) is 26.6. The third kappa shape index (κ3) is 4.77. The average Bonchev–Trinajstić information content (AvgIpc) is 3.80. The Bertz CT molecular complexity index is 3060. The molecule has 11 rings (SSSR count). The third-order valence-corrected chi connectivity index (χ3v) is 13.7. The van der Waals surface area contributed by atoms with Gasteiger partial charge < -0.3 is 0 Å². The Morgan fingerprint density at radius 3 is 1.13 bits per heavy atom. The molecule has 0 N–H and O–H groups in total. The van der Waals surface area contributed by atoms with E-state index in [-0.39, 0.29) is 0 Å². The van der Waals surface area contributed by atoms with Gasteiger partial charge in [0.15, 0.2) is 0 Å². The van der Waals surface area contributed by atoms with Gasteiger partial charge in [0.1, 0.15) is 0 Å². The second-order valence-corrected chi connectivity index (χ2v) is 16.3. The van der Waals surface area contributed by atoms with Crippen LogP contribution in [0.25, 0.3) is 107 Å². The smallest absolute Gasteiger partial charge is 0.0967 e. The van der Waals surface area contributed by atoms with Gasteiger partial charge in [-0.15, -0.1) is 22.7 Å². The van der Waals surface area contributed by atoms with E-state index in [9.17, 15) is 0 Å². The van der Waals surface area contributed by atoms with Crippen LogP contribution in [0.5, 0.6) is 0 Å². The first-order valence-electron chi connectivity index (χ1n) is 18.3. The minimum absolute atomic E-state index is 0.947. The Kier molecular flexibility index (Phi) is 7.06. The van der Waals surface area contributed by atoms with Crippen LogP contribution >= 0.6 is 22.7 Å². The minimum Gasteiger partial charge on any atom is -0.253 e. The van der Waals surface area contributed by atoms with Crippen molar-refractivity contribution in [2.24, 2.45) is 0 Å². The molecule has 7 aromatic carbocycles. The van der Waals surface area contributed by atoms with Crippen LogP contribution in [0.4, 0.5) is 0 Å². The van der Waals surface area contributed by atoms with Crippen LogP contribution in [0.15, 0.2) is 158 Å². The van der Waals surface area contributed by atoms with Crippen molar-refractivity contribution in [3.63, 3.8) is 0 Å². The Labute approximate surface area is 320 Å². The van der Waals surface area contributed by atoms with E-state index in [0.717, 1.165) is 32.9 Å². The zero-order valence-corrected chi connectivity index (χ0v) is 31.4. The summed E-state index contributed by atoms with van der Waals surface area (Å²) in [4.78, 5) is 10.1. The number of aromatic nitrogens is 2. The SMILES string of the molecule is Cc1c(-c2ccc(-c3cccc4c3sc3ccccc34)cc2)cnc2c1ccc1c(C)c(-c3ccc(-c4cccc5c4sc4ccccc45)cc3)cnc12. The van der Waals surface area contributed by atoms with Gasteiger partial charge in [-0.05, 0) is 70.5 Å². The van der Waals surface area contributed by atoms with Crippen LogP contribution in [0.3, 0.4) is 0 Å². The molecule has 0 saturated heterocycles. The summed E-state index contributed by atoms with van der Waals surface area (Å²) in [6.45, 7) is 4.41. The maximum atomic E-state index is 5.06. The topological polar surface area (TPSA) is 25.8 Å². The molecule has 0 radical (unpaired) electrons. The molecule has 4 aromatic heterocycles. The maximum Gasteiger partial charge on any atom is 0.0967 e. The highest BCUT2D eigenvalue weighted by Gasteiger charge is 2.16. The van der Waals surface area contributed by atoms with Crippen LogP contribution in [0.2, 0.25) is 0 Å². The van der Waals surface area contributed by atoms with Crippen molar-refractivity contribution in [3.8, 4) is 44.5 Å². The highest BCUT2D eigenvalue weighted by atomic mass is 32.1. The number of hydrogen-bond donors (Lipinski definition) is 0. The number of aryl methyl sites for hydroxylation is 2. The molecule has 4 heteroatoms. The second kappa shape index (κ2) is 12.2. The molecule has 0 aliphatic heterocycles. The highest BCUT2D eigenvalue weighted by molar-refractivity contribution is 7.26. The molecule has 0 unspecified atom stereocenters. The molecular formula is C50H32N2S2. The monoisotopic (exact) mass is 724 g/mol. The van der Waals surface area contributed by atoms with E-state index in [4.69, 9.17) is 9.97 Å². The number of hydrogen-bond acceptors (Lipinski definition) is 4. The van der Waals surface area contributed by atoms with Gasteiger partial charge in [-0.3, -0.25) is 9.97 Å². The largest absolute Gasteiger partial charge is 0.253 e. The molecule has 2 nitrogen and oxygen atoms in total. The number of thiophene rings is 2. The molecule has 0 atom stereocenters. The van der Waals surface area contributed by atoms with E-state index in [1.54, 1.807) is 0 Å². The molecule has 254 valence electrons. The summed E-state index contributed by atoms with van der Waals surface area (Å²) in [5.41, 5.74) is 14.0. The predicted octanol–water partition coefficient (Wildman–Crippen LogP) is 14.8. The van der Waals surface area contributed by atoms with Gasteiger partial charge in [-0.1, -0.05) is 133 Å². The normalized spacial score (nSPS) is 11.9.